The van der Waals surface area contributed by atoms with Gasteiger partial charge >= 0.3 is 0 Å². The van der Waals surface area contributed by atoms with E-state index < -0.39 is 0 Å². The van der Waals surface area contributed by atoms with Gasteiger partial charge in [0.05, 0.1) is 0 Å². The van der Waals surface area contributed by atoms with Gasteiger partial charge in [-0.3, -0.25) is 0 Å². The van der Waals surface area contributed by atoms with Gasteiger partial charge < -0.3 is 21.9 Å². The number of hydrogen-bond acceptors (Lipinski definition) is 0. The Morgan fingerprint density at radius 3 is 0.308 bits per heavy atom. The van der Waals surface area contributed by atoms with Crippen LogP contribution < -0.4 is 0 Å². The van der Waals surface area contributed by atoms with Crippen molar-refractivity contribution in [3.05, 3.63) is 52.6 Å². The van der Waals surface area contributed by atoms with Crippen LogP contribution in [-0.4, -0.2) is 21.9 Å². The molecule has 0 radical (unpaired) electrons. The maximum atomic E-state index is 3.00. The summed E-state index contributed by atoms with van der Waals surface area (Å²) >= 11 is 0. The summed E-state index contributed by atoms with van der Waals surface area (Å²) in [4.78, 5) is 0. The van der Waals surface area contributed by atoms with E-state index in [1.54, 1.807) is 0 Å². The largest absolute Gasteiger partial charge is 0.412 e. The van der Waals surface area contributed by atoms with Gasteiger partial charge in [0, 0.05) is 21.7 Å². The normalized spacial score (nSPS) is 1.23. The second-order valence-electron chi connectivity index (χ2n) is 0. The van der Waals surface area contributed by atoms with Crippen LogP contribution in [0.25, 0.3) is 0 Å². The maximum absolute atomic E-state index is 3.00. The zero-order valence-electron chi connectivity index (χ0n) is 8.16. The average molecular weight is 232 g/mol. The summed E-state index contributed by atoms with van der Waals surface area (Å²) in [6.45, 7) is 24.0. The van der Waals surface area contributed by atoms with Crippen molar-refractivity contribution in [3.63, 3.8) is 0 Å². The Hall–Kier alpha value is -0.486. The zero-order valence-corrected chi connectivity index (χ0v) is 9.72. The fourth-order valence-corrected chi connectivity index (χ4v) is 0. The Morgan fingerprint density at radius 2 is 0.308 bits per heavy atom. The van der Waals surface area contributed by atoms with E-state index in [0.29, 0.717) is 0 Å². The molecule has 8 N–H and O–H groups in total. The monoisotopic (exact) mass is 232 g/mol. The number of rotatable bonds is 0. The molecule has 0 saturated heterocycles. The minimum absolute atomic E-state index is 0. The molecular formula is C8H24O4Ti. The fraction of sp³-hybridized carbons (Fsp3) is 0. The van der Waals surface area contributed by atoms with E-state index in [1.165, 1.54) is 0 Å². The minimum atomic E-state index is 0. The first-order valence-electron chi connectivity index (χ1n) is 2.00. The van der Waals surface area contributed by atoms with Gasteiger partial charge in [-0.2, -0.15) is 0 Å². The molecule has 0 aromatic carbocycles. The maximum Gasteiger partial charge on any atom is 0 e. The molecule has 0 atom stereocenters. The Balaban J connectivity index is -0.00000000208. The molecule has 0 aliphatic carbocycles. The third-order valence-electron chi connectivity index (χ3n) is 0. The van der Waals surface area contributed by atoms with Crippen molar-refractivity contribution in [2.24, 2.45) is 0 Å². The van der Waals surface area contributed by atoms with Crippen molar-refractivity contribution in [2.75, 3.05) is 0 Å². The Kier molecular flexibility index (Phi) is 55800. The van der Waals surface area contributed by atoms with Crippen molar-refractivity contribution < 1.29 is 43.6 Å². The van der Waals surface area contributed by atoms with Gasteiger partial charge in [-0.1, -0.05) is 0 Å². The first-order valence-corrected chi connectivity index (χ1v) is 2.00. The Labute approximate surface area is 96.5 Å². The van der Waals surface area contributed by atoms with Gasteiger partial charge in [-0.05, 0) is 0 Å². The average Bonchev–Trinajstić information content (AvgIpc) is 2.03. The zero-order chi connectivity index (χ0) is 8.00. The van der Waals surface area contributed by atoms with Gasteiger partial charge in [0.2, 0.25) is 0 Å². The minimum Gasteiger partial charge on any atom is -0.412 e. The van der Waals surface area contributed by atoms with Crippen LogP contribution in [0, 0.1) is 0 Å². The topological polar surface area (TPSA) is 126 Å². The molecule has 4 nitrogen and oxygen atoms in total. The smallest absolute Gasteiger partial charge is 0 e. The van der Waals surface area contributed by atoms with E-state index in [-0.39, 0.29) is 43.6 Å². The summed E-state index contributed by atoms with van der Waals surface area (Å²) in [7, 11) is 0. The van der Waals surface area contributed by atoms with Crippen LogP contribution >= 0.6 is 0 Å². The summed E-state index contributed by atoms with van der Waals surface area (Å²) in [5.74, 6) is 0. The molecule has 0 fully saturated rings. The molecule has 0 rings (SSSR count). The van der Waals surface area contributed by atoms with Gasteiger partial charge in [-0.25, -0.2) is 0 Å². The Bertz CT molecular complexity index is 24.1. The molecule has 5 heteroatoms. The first kappa shape index (κ1) is 134. The van der Waals surface area contributed by atoms with Crippen LogP contribution in [0.5, 0.6) is 0 Å². The van der Waals surface area contributed by atoms with Crippen molar-refractivity contribution in [1.29, 1.82) is 0 Å². The van der Waals surface area contributed by atoms with E-state index in [4.69, 9.17) is 0 Å². The van der Waals surface area contributed by atoms with Crippen molar-refractivity contribution >= 4 is 0 Å². The van der Waals surface area contributed by atoms with E-state index in [0.717, 1.165) is 0 Å². The predicted octanol–water partition coefficient (Wildman–Crippen LogP) is -0.0925. The summed E-state index contributed by atoms with van der Waals surface area (Å²) in [6, 6.07) is 0. The van der Waals surface area contributed by atoms with E-state index >= 15 is 0 Å². The standard InChI is InChI=1S/4C2H4.4H2O.Ti/c4*1-2;;;;;/h4*1-2H2;4*1H2;. The summed E-state index contributed by atoms with van der Waals surface area (Å²) in [5, 5.41) is 0. The van der Waals surface area contributed by atoms with Gasteiger partial charge in [0.1, 0.15) is 0 Å². The number of hydrogen-bond donors (Lipinski definition) is 0. The summed E-state index contributed by atoms with van der Waals surface area (Å²) < 4.78 is 0. The van der Waals surface area contributed by atoms with E-state index in [2.05, 4.69) is 52.6 Å². The quantitative estimate of drug-likeness (QED) is 0.408. The van der Waals surface area contributed by atoms with E-state index in [1.807, 2.05) is 0 Å². The van der Waals surface area contributed by atoms with Gasteiger partial charge in [0.15, 0.2) is 0 Å². The molecule has 0 unspecified atom stereocenters. The molecule has 0 heterocycles. The van der Waals surface area contributed by atoms with Gasteiger partial charge in [0.25, 0.3) is 0 Å². The summed E-state index contributed by atoms with van der Waals surface area (Å²) in [6.07, 6.45) is 0. The molecule has 0 spiro atoms. The third-order valence-corrected chi connectivity index (χ3v) is 0. The Morgan fingerprint density at radius 1 is 0.308 bits per heavy atom. The van der Waals surface area contributed by atoms with Crippen molar-refractivity contribution in [1.82, 2.24) is 0 Å². The molecule has 0 aliphatic rings. The van der Waals surface area contributed by atoms with Crippen LogP contribution in [0.4, 0.5) is 0 Å². The van der Waals surface area contributed by atoms with Crippen LogP contribution in [0.1, 0.15) is 0 Å². The second-order valence-corrected chi connectivity index (χ2v) is 0. The second kappa shape index (κ2) is 5400. The molecule has 0 bridgehead atoms. The molecule has 0 aromatic rings. The van der Waals surface area contributed by atoms with E-state index in [9.17, 15) is 0 Å². The third kappa shape index (κ3) is 4420. The fourth-order valence-electron chi connectivity index (χ4n) is 0. The van der Waals surface area contributed by atoms with Crippen LogP contribution in [-0.2, 0) is 21.7 Å². The molecule has 84 valence electrons. The molecular weight excluding hydrogens is 208 g/mol. The summed E-state index contributed by atoms with van der Waals surface area (Å²) in [5.41, 5.74) is 0. The van der Waals surface area contributed by atoms with Crippen LogP contribution in [0.3, 0.4) is 0 Å². The SMILES string of the molecule is C=C.C=C.C=C.C=C.O.O.O.O.[Ti]. The van der Waals surface area contributed by atoms with Gasteiger partial charge in [-0.15, -0.1) is 52.6 Å². The van der Waals surface area contributed by atoms with Crippen molar-refractivity contribution in [3.8, 4) is 0 Å². The molecule has 0 aromatic heterocycles. The first-order chi connectivity index (χ1) is 4.00. The van der Waals surface area contributed by atoms with Crippen LogP contribution in [0.15, 0.2) is 52.6 Å². The van der Waals surface area contributed by atoms with Crippen molar-refractivity contribution in [2.45, 2.75) is 0 Å². The van der Waals surface area contributed by atoms with Crippen LogP contribution in [0.2, 0.25) is 0 Å². The predicted molar refractivity (Wildman–Crippen MR) is 59.5 cm³/mol. The molecule has 0 saturated carbocycles. The molecule has 0 aliphatic heterocycles. The molecule has 0 amide bonds. The molecule has 13 heavy (non-hydrogen) atoms.